The van der Waals surface area contributed by atoms with Crippen LogP contribution in [0.25, 0.3) is 11.0 Å². The fraction of sp³-hybridized carbons (Fsp3) is 0.667. The maximum atomic E-state index is 4.30. The molecule has 0 bridgehead atoms. The van der Waals surface area contributed by atoms with Gasteiger partial charge >= 0.3 is 0 Å². The predicted octanol–water partition coefficient (Wildman–Crippen LogP) is 5.59. The van der Waals surface area contributed by atoms with E-state index in [1.807, 2.05) is 0 Å². The first-order valence-corrected chi connectivity index (χ1v) is 8.66. The monoisotopic (exact) mass is 287 g/mol. The molecule has 0 spiro atoms. The number of aromatic nitrogens is 3. The fourth-order valence-corrected chi connectivity index (χ4v) is 3.12. The van der Waals surface area contributed by atoms with Gasteiger partial charge in [-0.05, 0) is 30.4 Å². The number of rotatable bonds is 10. The highest BCUT2D eigenvalue weighted by atomic mass is 15.3. The van der Waals surface area contributed by atoms with Crippen molar-refractivity contribution in [2.24, 2.45) is 0 Å². The summed E-state index contributed by atoms with van der Waals surface area (Å²) in [4.78, 5) is 0. The van der Waals surface area contributed by atoms with E-state index in [9.17, 15) is 0 Å². The zero-order chi connectivity index (χ0) is 14.9. The van der Waals surface area contributed by atoms with Crippen LogP contribution in [-0.2, 0) is 0 Å². The van der Waals surface area contributed by atoms with Crippen molar-refractivity contribution in [2.75, 3.05) is 0 Å². The van der Waals surface area contributed by atoms with E-state index < -0.39 is 0 Å². The van der Waals surface area contributed by atoms with Crippen LogP contribution in [-0.4, -0.2) is 15.4 Å². The average Bonchev–Trinajstić information content (AvgIpc) is 2.98. The van der Waals surface area contributed by atoms with E-state index in [2.05, 4.69) is 47.5 Å². The van der Waals surface area contributed by atoms with E-state index in [0.29, 0.717) is 5.92 Å². The summed E-state index contributed by atoms with van der Waals surface area (Å²) >= 11 is 0. The van der Waals surface area contributed by atoms with Crippen molar-refractivity contribution in [1.29, 1.82) is 0 Å². The lowest BCUT2D eigenvalue weighted by Crippen LogP contribution is -2.01. The Bertz CT molecular complexity index is 518. The molecule has 0 aliphatic carbocycles. The van der Waals surface area contributed by atoms with Crippen LogP contribution in [0.3, 0.4) is 0 Å². The van der Waals surface area contributed by atoms with Gasteiger partial charge in [0.05, 0.1) is 5.52 Å². The molecule has 0 saturated heterocycles. The summed E-state index contributed by atoms with van der Waals surface area (Å²) in [5.41, 5.74) is 3.54. The molecule has 2 rings (SSSR count). The van der Waals surface area contributed by atoms with Crippen molar-refractivity contribution in [2.45, 2.75) is 77.6 Å². The summed E-state index contributed by atoms with van der Waals surface area (Å²) in [6.45, 7) is 4.55. The Labute approximate surface area is 128 Å². The lowest BCUT2D eigenvalue weighted by molar-refractivity contribution is 0.506. The Morgan fingerprint density at radius 3 is 2.52 bits per heavy atom. The zero-order valence-electron chi connectivity index (χ0n) is 13.6. The number of aromatic amines is 1. The summed E-state index contributed by atoms with van der Waals surface area (Å²) in [7, 11) is 0. The average molecular weight is 287 g/mol. The predicted molar refractivity (Wildman–Crippen MR) is 89.5 cm³/mol. The maximum absolute atomic E-state index is 4.30. The van der Waals surface area contributed by atoms with Crippen molar-refractivity contribution in [3.63, 3.8) is 0 Å². The molecular weight excluding hydrogens is 258 g/mol. The molecule has 21 heavy (non-hydrogen) atoms. The highest BCUT2D eigenvalue weighted by Gasteiger charge is 2.15. The van der Waals surface area contributed by atoms with Crippen molar-refractivity contribution >= 4 is 11.0 Å². The van der Waals surface area contributed by atoms with Crippen LogP contribution in [0, 0.1) is 0 Å². The third kappa shape index (κ3) is 4.55. The number of H-pyrrole nitrogens is 1. The van der Waals surface area contributed by atoms with Gasteiger partial charge in [0.1, 0.15) is 5.52 Å². The molecule has 1 heterocycles. The maximum Gasteiger partial charge on any atom is 0.116 e. The second-order valence-corrected chi connectivity index (χ2v) is 6.10. The number of benzene rings is 1. The fourth-order valence-electron chi connectivity index (χ4n) is 3.12. The topological polar surface area (TPSA) is 41.6 Å². The summed E-state index contributed by atoms with van der Waals surface area (Å²) in [6, 6.07) is 6.45. The summed E-state index contributed by atoms with van der Waals surface area (Å²) in [5, 5.41) is 11.3. The minimum absolute atomic E-state index is 0.639. The van der Waals surface area contributed by atoms with Crippen molar-refractivity contribution in [3.8, 4) is 0 Å². The highest BCUT2D eigenvalue weighted by Crippen LogP contribution is 2.31. The Kier molecular flexibility index (Phi) is 6.71. The largest absolute Gasteiger partial charge is 0.258 e. The van der Waals surface area contributed by atoms with Gasteiger partial charge in [0, 0.05) is 0 Å². The molecule has 0 aliphatic rings. The zero-order valence-corrected chi connectivity index (χ0v) is 13.6. The van der Waals surface area contributed by atoms with Crippen molar-refractivity contribution < 1.29 is 0 Å². The molecule has 0 radical (unpaired) electrons. The van der Waals surface area contributed by atoms with Crippen molar-refractivity contribution in [3.05, 3.63) is 23.8 Å². The molecule has 1 N–H and O–H groups in total. The molecule has 0 amide bonds. The summed E-state index contributed by atoms with van der Waals surface area (Å²) in [6.07, 6.45) is 11.9. The van der Waals surface area contributed by atoms with Crippen LogP contribution in [0.5, 0.6) is 0 Å². The molecule has 1 unspecified atom stereocenters. The van der Waals surface area contributed by atoms with Gasteiger partial charge in [-0.1, -0.05) is 76.1 Å². The SMILES string of the molecule is CCCCCCCC(CCCC)c1cccc2[nH]nnc12. The van der Waals surface area contributed by atoms with Gasteiger partial charge in [-0.25, -0.2) is 0 Å². The van der Waals surface area contributed by atoms with Crippen LogP contribution >= 0.6 is 0 Å². The molecule has 1 atom stereocenters. The molecule has 1 aromatic carbocycles. The van der Waals surface area contributed by atoms with E-state index in [1.54, 1.807) is 0 Å². The quantitative estimate of drug-likeness (QED) is 0.578. The number of nitrogens with one attached hydrogen (secondary N) is 1. The lowest BCUT2D eigenvalue weighted by Gasteiger charge is -2.17. The second kappa shape index (κ2) is 8.81. The van der Waals surface area contributed by atoms with Crippen LogP contribution in [0.15, 0.2) is 18.2 Å². The van der Waals surface area contributed by atoms with Gasteiger partial charge in [0.15, 0.2) is 0 Å². The molecular formula is C18H29N3. The number of fused-ring (bicyclic) bond motifs is 1. The third-order valence-corrected chi connectivity index (χ3v) is 4.39. The van der Waals surface area contributed by atoms with E-state index in [0.717, 1.165) is 11.0 Å². The van der Waals surface area contributed by atoms with Crippen LogP contribution in [0.1, 0.15) is 83.1 Å². The lowest BCUT2D eigenvalue weighted by atomic mass is 9.88. The Hall–Kier alpha value is -1.38. The molecule has 3 nitrogen and oxygen atoms in total. The van der Waals surface area contributed by atoms with E-state index in [1.165, 1.54) is 63.4 Å². The highest BCUT2D eigenvalue weighted by molar-refractivity contribution is 5.77. The minimum atomic E-state index is 0.639. The van der Waals surface area contributed by atoms with Gasteiger partial charge in [-0.3, -0.25) is 5.10 Å². The third-order valence-electron chi connectivity index (χ3n) is 4.39. The molecule has 3 heteroatoms. The minimum Gasteiger partial charge on any atom is -0.258 e. The molecule has 1 aromatic heterocycles. The first-order valence-electron chi connectivity index (χ1n) is 8.66. The smallest absolute Gasteiger partial charge is 0.116 e. The van der Waals surface area contributed by atoms with Crippen LogP contribution in [0.2, 0.25) is 0 Å². The first kappa shape index (κ1) is 16.0. The van der Waals surface area contributed by atoms with Gasteiger partial charge < -0.3 is 0 Å². The summed E-state index contributed by atoms with van der Waals surface area (Å²) in [5.74, 6) is 0.639. The van der Waals surface area contributed by atoms with Gasteiger partial charge in [0.2, 0.25) is 0 Å². The normalized spacial score (nSPS) is 12.9. The van der Waals surface area contributed by atoms with Gasteiger partial charge in [-0.15, -0.1) is 5.10 Å². The van der Waals surface area contributed by atoms with E-state index in [-0.39, 0.29) is 0 Å². The van der Waals surface area contributed by atoms with Crippen LogP contribution < -0.4 is 0 Å². The van der Waals surface area contributed by atoms with Crippen molar-refractivity contribution in [1.82, 2.24) is 15.4 Å². The number of nitrogens with zero attached hydrogens (tertiary/aromatic N) is 2. The van der Waals surface area contributed by atoms with E-state index in [4.69, 9.17) is 0 Å². The van der Waals surface area contributed by atoms with Crippen LogP contribution in [0.4, 0.5) is 0 Å². The molecule has 116 valence electrons. The Morgan fingerprint density at radius 1 is 0.952 bits per heavy atom. The molecule has 0 fully saturated rings. The second-order valence-electron chi connectivity index (χ2n) is 6.10. The standard InChI is InChI=1S/C18H29N3/c1-3-5-7-8-9-12-15(11-6-4-2)16-13-10-14-17-18(16)20-21-19-17/h10,13-15H,3-9,11-12H2,1-2H3,(H,19,20,21). The number of hydrogen-bond donors (Lipinski definition) is 1. The first-order chi connectivity index (χ1) is 10.4. The summed E-state index contributed by atoms with van der Waals surface area (Å²) < 4.78 is 0. The number of hydrogen-bond acceptors (Lipinski definition) is 2. The molecule has 2 aromatic rings. The Morgan fingerprint density at radius 2 is 1.71 bits per heavy atom. The molecule has 0 saturated carbocycles. The number of unbranched alkanes of at least 4 members (excludes halogenated alkanes) is 5. The van der Waals surface area contributed by atoms with Gasteiger partial charge in [0.25, 0.3) is 0 Å². The van der Waals surface area contributed by atoms with E-state index >= 15 is 0 Å². The van der Waals surface area contributed by atoms with Gasteiger partial charge in [-0.2, -0.15) is 0 Å². The Balaban J connectivity index is 2.02. The molecule has 0 aliphatic heterocycles.